The zero-order valence-corrected chi connectivity index (χ0v) is 19.8. The maximum atomic E-state index is 11.9. The summed E-state index contributed by atoms with van der Waals surface area (Å²) >= 11 is 0. The van der Waals surface area contributed by atoms with Crippen LogP contribution in [-0.2, 0) is 4.79 Å². The van der Waals surface area contributed by atoms with Gasteiger partial charge in [-0.05, 0) is 111 Å². The number of carbonyl (C=O) groups is 1. The Kier molecular flexibility index (Phi) is 5.20. The molecule has 0 amide bonds. The third-order valence-electron chi connectivity index (χ3n) is 10.6. The summed E-state index contributed by atoms with van der Waals surface area (Å²) in [5.74, 6) is 0.571. The van der Waals surface area contributed by atoms with Gasteiger partial charge in [0, 0.05) is 9.11 Å². The lowest BCUT2D eigenvalue weighted by atomic mass is 9.41. The van der Waals surface area contributed by atoms with Crippen LogP contribution in [0, 0.1) is 52.3 Å². The van der Waals surface area contributed by atoms with Gasteiger partial charge in [-0.25, -0.2) is 0 Å². The first-order valence-corrected chi connectivity index (χ1v) is 12.6. The number of ketones is 1. The van der Waals surface area contributed by atoms with Crippen molar-refractivity contribution in [2.75, 3.05) is 0 Å². The molecule has 4 aliphatic rings. The Morgan fingerprint density at radius 3 is 2.43 bits per heavy atom. The van der Waals surface area contributed by atoms with Gasteiger partial charge in [0.15, 0.2) is 0 Å². The van der Waals surface area contributed by atoms with Crippen LogP contribution in [0.5, 0.6) is 0 Å². The Morgan fingerprint density at radius 2 is 1.77 bits per heavy atom. The number of Topliss-reactive ketones (excluding diaryl/α,β-unsaturated/α-hetero) is 1. The highest BCUT2D eigenvalue weighted by atomic mass is 16.3. The third-order valence-corrected chi connectivity index (χ3v) is 10.6. The molecule has 0 radical (unpaired) electrons. The number of rotatable bonds is 5. The normalized spacial score (nSPS) is 56.0. The van der Waals surface area contributed by atoms with E-state index in [1.807, 2.05) is 0 Å². The minimum absolute atomic E-state index is 0.0296. The highest BCUT2D eigenvalue weighted by molar-refractivity contribution is 5.75. The van der Waals surface area contributed by atoms with Gasteiger partial charge in [-0.3, -0.25) is 0 Å². The second kappa shape index (κ2) is 8.18. The maximum Gasteiger partial charge on any atom is 0.129 e. The number of aliphatic hydroxyl groups excluding tert-OH is 1. The zero-order chi connectivity index (χ0) is 24.6. The molecule has 172 valence electrons. The summed E-state index contributed by atoms with van der Waals surface area (Å²) in [4.78, 5) is 11.9. The van der Waals surface area contributed by atoms with Crippen LogP contribution < -0.4 is 0 Å². The Bertz CT molecular complexity index is 770. The SMILES string of the molecule is [2H]C([2H])(C[C@@H](C)[C@H]1CC[C@H]2[C@H]3[C@H](CC[C@]12C)[C@@]1(C)CC[C@@H](O)C[C@H]1[C@@H](CC)[C@@]3([2H])O)C(C)=O. The fourth-order valence-electron chi connectivity index (χ4n) is 9.09. The lowest BCUT2D eigenvalue weighted by molar-refractivity contribution is -0.203. The molecule has 4 saturated carbocycles. The molecule has 3 heteroatoms. The molecule has 2 N–H and O–H groups in total. The summed E-state index contributed by atoms with van der Waals surface area (Å²) < 4.78 is 25.8. The van der Waals surface area contributed by atoms with Crippen LogP contribution in [0.3, 0.4) is 0 Å². The second-order valence-electron chi connectivity index (χ2n) is 11.9. The summed E-state index contributed by atoms with van der Waals surface area (Å²) in [6, 6.07) is 0. The fraction of sp³-hybridized carbons (Fsp3) is 0.963. The Balaban J connectivity index is 1.67. The van der Waals surface area contributed by atoms with E-state index in [1.165, 1.54) is 6.92 Å². The summed E-state index contributed by atoms with van der Waals surface area (Å²) in [7, 11) is 0. The van der Waals surface area contributed by atoms with Gasteiger partial charge in [-0.15, -0.1) is 0 Å². The molecular formula is C27H46O3. The van der Waals surface area contributed by atoms with Gasteiger partial charge >= 0.3 is 0 Å². The van der Waals surface area contributed by atoms with Crippen LogP contribution in [0.4, 0.5) is 0 Å². The van der Waals surface area contributed by atoms with Crippen molar-refractivity contribution in [1.29, 1.82) is 0 Å². The number of carbonyl (C=O) groups excluding carboxylic acids is 1. The molecule has 0 saturated heterocycles. The predicted octanol–water partition coefficient (Wildman–Crippen LogP) is 5.62. The maximum absolute atomic E-state index is 11.9. The van der Waals surface area contributed by atoms with Crippen LogP contribution in [0.1, 0.15) is 103 Å². The van der Waals surface area contributed by atoms with Crippen molar-refractivity contribution in [3.05, 3.63) is 0 Å². The molecule has 0 aromatic carbocycles. The molecule has 30 heavy (non-hydrogen) atoms. The lowest BCUT2D eigenvalue weighted by Crippen LogP contribution is -2.62. The monoisotopic (exact) mass is 421 g/mol. The van der Waals surface area contributed by atoms with E-state index in [-0.39, 0.29) is 52.9 Å². The van der Waals surface area contributed by atoms with Crippen LogP contribution in [-0.4, -0.2) is 28.2 Å². The Labute approximate surface area is 188 Å². The second-order valence-corrected chi connectivity index (χ2v) is 11.9. The molecule has 4 rings (SSSR count). The number of hydrogen-bond donors (Lipinski definition) is 2. The van der Waals surface area contributed by atoms with Crippen molar-refractivity contribution >= 4 is 5.78 Å². The van der Waals surface area contributed by atoms with Crippen molar-refractivity contribution in [1.82, 2.24) is 0 Å². The lowest BCUT2D eigenvalue weighted by Gasteiger charge is -2.64. The summed E-state index contributed by atoms with van der Waals surface area (Å²) in [5.41, 5.74) is 0.0349. The Hall–Kier alpha value is -0.410. The first-order valence-electron chi connectivity index (χ1n) is 14.1. The van der Waals surface area contributed by atoms with Crippen LogP contribution in [0.25, 0.3) is 0 Å². The number of fused-ring (bicyclic) bond motifs is 5. The van der Waals surface area contributed by atoms with Gasteiger partial charge in [-0.1, -0.05) is 34.1 Å². The highest BCUT2D eigenvalue weighted by Crippen LogP contribution is 2.69. The quantitative estimate of drug-likeness (QED) is 0.606. The molecule has 4 aliphatic carbocycles. The van der Waals surface area contributed by atoms with E-state index in [2.05, 4.69) is 27.7 Å². The van der Waals surface area contributed by atoms with E-state index in [0.717, 1.165) is 44.9 Å². The van der Waals surface area contributed by atoms with Gasteiger partial charge in [0.05, 0.1) is 13.6 Å². The molecule has 0 spiro atoms. The smallest absolute Gasteiger partial charge is 0.129 e. The summed E-state index contributed by atoms with van der Waals surface area (Å²) in [6.45, 7) is 10.3. The van der Waals surface area contributed by atoms with E-state index < -0.39 is 18.2 Å². The van der Waals surface area contributed by atoms with Crippen LogP contribution in [0.2, 0.25) is 0 Å². The molecule has 0 aromatic rings. The number of aliphatic hydroxyl groups is 2. The molecule has 0 aliphatic heterocycles. The first kappa shape index (κ1) is 19.1. The van der Waals surface area contributed by atoms with Crippen molar-refractivity contribution in [2.24, 2.45) is 52.3 Å². The van der Waals surface area contributed by atoms with Crippen molar-refractivity contribution in [2.45, 2.75) is 111 Å². The number of hydrogen-bond acceptors (Lipinski definition) is 3. The third kappa shape index (κ3) is 3.41. The first-order chi connectivity index (χ1) is 15.2. The van der Waals surface area contributed by atoms with E-state index in [1.54, 1.807) is 0 Å². The Morgan fingerprint density at radius 1 is 1.10 bits per heavy atom. The minimum Gasteiger partial charge on any atom is -0.393 e. The molecule has 11 atom stereocenters. The largest absolute Gasteiger partial charge is 0.393 e. The minimum atomic E-state index is -1.79. The molecule has 4 fully saturated rings. The average molecular weight is 422 g/mol. The van der Waals surface area contributed by atoms with E-state index in [9.17, 15) is 16.4 Å². The highest BCUT2D eigenvalue weighted by Gasteiger charge is 2.64. The zero-order valence-electron chi connectivity index (χ0n) is 22.8. The molecular weight excluding hydrogens is 372 g/mol. The molecule has 0 heterocycles. The van der Waals surface area contributed by atoms with Gasteiger partial charge < -0.3 is 15.0 Å². The predicted molar refractivity (Wildman–Crippen MR) is 121 cm³/mol. The molecule has 0 bridgehead atoms. The average Bonchev–Trinajstić information content (AvgIpc) is 3.06. The van der Waals surface area contributed by atoms with E-state index >= 15 is 0 Å². The van der Waals surface area contributed by atoms with E-state index in [0.29, 0.717) is 18.3 Å². The van der Waals surface area contributed by atoms with E-state index in [4.69, 9.17) is 2.74 Å². The van der Waals surface area contributed by atoms with Crippen molar-refractivity contribution < 1.29 is 19.1 Å². The molecule has 3 nitrogen and oxygen atoms in total. The fourth-order valence-corrected chi connectivity index (χ4v) is 9.09. The standard InChI is InChI=1S/C27H46O3/c1-6-19-23-15-18(29)11-13-27(23,5)22-12-14-26(4)20(16(2)7-8-17(3)28)9-10-21(26)24(22)25(19)30/h16,18-25,29-30H,6-15H2,1-5H3/t16-,18-,19-,20-,21+,22+,23+,24+,25-,26-,27-/m1/s1/i8D2,25D. The van der Waals surface area contributed by atoms with Crippen LogP contribution >= 0.6 is 0 Å². The van der Waals surface area contributed by atoms with Gasteiger partial charge in [0.2, 0.25) is 0 Å². The molecule has 0 unspecified atom stereocenters. The summed E-state index contributed by atoms with van der Waals surface area (Å²) in [5, 5.41) is 22.4. The topological polar surface area (TPSA) is 57.5 Å². The van der Waals surface area contributed by atoms with Gasteiger partial charge in [0.1, 0.15) is 5.78 Å². The summed E-state index contributed by atoms with van der Waals surface area (Å²) in [6.07, 6.45) is 3.97. The van der Waals surface area contributed by atoms with Gasteiger partial charge in [0.25, 0.3) is 0 Å². The van der Waals surface area contributed by atoms with Gasteiger partial charge in [-0.2, -0.15) is 0 Å². The van der Waals surface area contributed by atoms with Crippen molar-refractivity contribution in [3.63, 3.8) is 0 Å². The molecule has 0 aromatic heterocycles. The van der Waals surface area contributed by atoms with Crippen LogP contribution in [0.15, 0.2) is 0 Å². The van der Waals surface area contributed by atoms with Crippen molar-refractivity contribution in [3.8, 4) is 0 Å².